The summed E-state index contributed by atoms with van der Waals surface area (Å²) in [4.78, 5) is 0. The molecule has 1 aliphatic carbocycles. The van der Waals surface area contributed by atoms with Crippen molar-refractivity contribution in [2.24, 2.45) is 5.41 Å². The predicted molar refractivity (Wildman–Crippen MR) is 30.1 cm³/mol. The van der Waals surface area contributed by atoms with Crippen molar-refractivity contribution in [1.82, 2.24) is 0 Å². The molecule has 0 aromatic rings. The van der Waals surface area contributed by atoms with Crippen LogP contribution in [0.4, 0.5) is 4.70 Å². The van der Waals surface area contributed by atoms with Crippen LogP contribution in [0.25, 0.3) is 0 Å². The van der Waals surface area contributed by atoms with E-state index >= 15 is 0 Å². The number of rotatable bonds is 0. The van der Waals surface area contributed by atoms with Gasteiger partial charge in [-0.2, -0.15) is 0 Å². The van der Waals surface area contributed by atoms with Crippen molar-refractivity contribution in [2.45, 2.75) is 33.1 Å². The molecule has 0 unspecified atom stereocenters. The van der Waals surface area contributed by atoms with Gasteiger partial charge in [0.15, 0.2) is 0 Å². The molecule has 0 heterocycles. The molecule has 1 saturated carbocycles. The third-order valence-corrected chi connectivity index (χ3v) is 1.71. The summed E-state index contributed by atoms with van der Waals surface area (Å²) in [6.07, 6.45) is 4.37. The molecular weight excluding hydrogens is 91.1 g/mol. The molecule has 1 heteroatoms. The van der Waals surface area contributed by atoms with Crippen LogP contribution in [0, 0.1) is 5.41 Å². The van der Waals surface area contributed by atoms with Crippen LogP contribution in [0.5, 0.6) is 0 Å². The zero-order valence-corrected chi connectivity index (χ0v) is 5.03. The lowest BCUT2D eigenvalue weighted by atomic mass is 9.72. The molecule has 0 nitrogen and oxygen atoms in total. The molecule has 0 bridgehead atoms. The van der Waals surface area contributed by atoms with E-state index in [9.17, 15) is 0 Å². The van der Waals surface area contributed by atoms with Crippen molar-refractivity contribution in [3.8, 4) is 0 Å². The Morgan fingerprint density at radius 1 is 1.14 bits per heavy atom. The molecule has 1 fully saturated rings. The molecule has 7 heavy (non-hydrogen) atoms. The maximum absolute atomic E-state index is 2.33. The molecule has 0 spiro atoms. The van der Waals surface area contributed by atoms with Crippen LogP contribution in [-0.4, -0.2) is 0 Å². The van der Waals surface area contributed by atoms with Crippen molar-refractivity contribution in [2.75, 3.05) is 0 Å². The Kier molecular flexibility index (Phi) is 1.79. The predicted octanol–water partition coefficient (Wildman–Crippen LogP) is 2.35. The minimum absolute atomic E-state index is 0. The Bertz CT molecular complexity index is 51.2. The van der Waals surface area contributed by atoms with Gasteiger partial charge in [-0.1, -0.05) is 20.3 Å². The van der Waals surface area contributed by atoms with Gasteiger partial charge < -0.3 is 0 Å². The summed E-state index contributed by atoms with van der Waals surface area (Å²) >= 11 is 0. The number of hydrogen-bond donors (Lipinski definition) is 0. The molecule has 0 aliphatic heterocycles. The van der Waals surface area contributed by atoms with Crippen molar-refractivity contribution >= 4 is 0 Å². The molecule has 0 aromatic heterocycles. The van der Waals surface area contributed by atoms with E-state index in [0.29, 0.717) is 0 Å². The Balaban J connectivity index is 0.000000360. The summed E-state index contributed by atoms with van der Waals surface area (Å²) in [5, 5.41) is 0. The van der Waals surface area contributed by atoms with Gasteiger partial charge in [0.25, 0.3) is 0 Å². The summed E-state index contributed by atoms with van der Waals surface area (Å²) in [7, 11) is 0. The highest BCUT2D eigenvalue weighted by Gasteiger charge is 2.24. The molecule has 0 radical (unpaired) electrons. The van der Waals surface area contributed by atoms with Crippen molar-refractivity contribution in [1.29, 1.82) is 0 Å². The van der Waals surface area contributed by atoms with Gasteiger partial charge in [0, 0.05) is 0 Å². The van der Waals surface area contributed by atoms with E-state index in [-0.39, 0.29) is 4.70 Å². The van der Waals surface area contributed by atoms with E-state index in [4.69, 9.17) is 0 Å². The first-order valence-electron chi connectivity index (χ1n) is 2.71. The van der Waals surface area contributed by atoms with Gasteiger partial charge in [-0.05, 0) is 18.3 Å². The highest BCUT2D eigenvalue weighted by Crippen LogP contribution is 2.38. The molecule has 44 valence electrons. The van der Waals surface area contributed by atoms with E-state index in [0.717, 1.165) is 5.41 Å². The second kappa shape index (κ2) is 1.81. The second-order valence-electron chi connectivity index (χ2n) is 3.02. The average Bonchev–Trinajstić information content (AvgIpc) is 1.32. The standard InChI is InChI=1S/C6H12.FH/c1-6(2)4-3-5-6;/h3-5H2,1-2H3;1H. The summed E-state index contributed by atoms with van der Waals surface area (Å²) in [5.74, 6) is 0. The van der Waals surface area contributed by atoms with Crippen molar-refractivity contribution in [3.05, 3.63) is 0 Å². The summed E-state index contributed by atoms with van der Waals surface area (Å²) < 4.78 is 0. The molecule has 0 N–H and O–H groups in total. The van der Waals surface area contributed by atoms with Gasteiger partial charge in [-0.15, -0.1) is 0 Å². The largest absolute Gasteiger partial charge is 0.269 e. The van der Waals surface area contributed by atoms with E-state index in [1.807, 2.05) is 0 Å². The quantitative estimate of drug-likeness (QED) is 0.442. The minimum Gasteiger partial charge on any atom is -0.269 e. The van der Waals surface area contributed by atoms with Gasteiger partial charge in [-0.3, -0.25) is 4.70 Å². The van der Waals surface area contributed by atoms with Gasteiger partial charge in [0.05, 0.1) is 0 Å². The molecule has 0 atom stereocenters. The molecule has 1 rings (SSSR count). The lowest BCUT2D eigenvalue weighted by Crippen LogP contribution is -2.20. The van der Waals surface area contributed by atoms with Crippen molar-refractivity contribution in [3.63, 3.8) is 0 Å². The molecule has 0 aromatic carbocycles. The maximum Gasteiger partial charge on any atom is -0.0354 e. The Labute approximate surface area is 44.3 Å². The molecule has 0 amide bonds. The van der Waals surface area contributed by atoms with Crippen LogP contribution < -0.4 is 0 Å². The minimum atomic E-state index is 0. The van der Waals surface area contributed by atoms with E-state index in [1.54, 1.807) is 0 Å². The first-order chi connectivity index (χ1) is 2.71. The average molecular weight is 104 g/mol. The van der Waals surface area contributed by atoms with E-state index in [2.05, 4.69) is 13.8 Å². The third-order valence-electron chi connectivity index (χ3n) is 1.71. The number of hydrogen-bond acceptors (Lipinski definition) is 0. The topological polar surface area (TPSA) is 0 Å². The lowest BCUT2D eigenvalue weighted by Gasteiger charge is -2.33. The Hall–Kier alpha value is -0.0700. The van der Waals surface area contributed by atoms with Crippen molar-refractivity contribution < 1.29 is 4.70 Å². The SMILES string of the molecule is CC1(C)CCC1.F. The van der Waals surface area contributed by atoms with Crippen LogP contribution in [0.1, 0.15) is 33.1 Å². The van der Waals surface area contributed by atoms with Gasteiger partial charge in [0.2, 0.25) is 0 Å². The maximum atomic E-state index is 2.33. The molecule has 1 aliphatic rings. The third kappa shape index (κ3) is 1.46. The number of halogens is 1. The van der Waals surface area contributed by atoms with Gasteiger partial charge >= 0.3 is 0 Å². The first kappa shape index (κ1) is 6.93. The highest BCUT2D eigenvalue weighted by molar-refractivity contribution is 4.77. The monoisotopic (exact) mass is 104 g/mol. The summed E-state index contributed by atoms with van der Waals surface area (Å²) in [5.41, 5.74) is 0.722. The fraction of sp³-hybridized carbons (Fsp3) is 1.00. The van der Waals surface area contributed by atoms with Crippen LogP contribution in [0.3, 0.4) is 0 Å². The summed E-state index contributed by atoms with van der Waals surface area (Å²) in [6, 6.07) is 0. The zero-order valence-electron chi connectivity index (χ0n) is 5.03. The smallest absolute Gasteiger partial charge is 0.0354 e. The fourth-order valence-corrected chi connectivity index (χ4v) is 0.884. The van der Waals surface area contributed by atoms with E-state index in [1.165, 1.54) is 19.3 Å². The molecule has 0 saturated heterocycles. The second-order valence-corrected chi connectivity index (χ2v) is 3.02. The molecular formula is C6H13F. The normalized spacial score (nSPS) is 24.9. The van der Waals surface area contributed by atoms with Crippen LogP contribution >= 0.6 is 0 Å². The van der Waals surface area contributed by atoms with Gasteiger partial charge in [-0.25, -0.2) is 0 Å². The highest BCUT2D eigenvalue weighted by atomic mass is 19.0. The fourth-order valence-electron chi connectivity index (χ4n) is 0.884. The lowest BCUT2D eigenvalue weighted by molar-refractivity contribution is 0.190. The Morgan fingerprint density at radius 2 is 1.43 bits per heavy atom. The van der Waals surface area contributed by atoms with E-state index < -0.39 is 0 Å². The van der Waals surface area contributed by atoms with Crippen LogP contribution in [-0.2, 0) is 0 Å². The van der Waals surface area contributed by atoms with Crippen LogP contribution in [0.15, 0.2) is 0 Å². The first-order valence-corrected chi connectivity index (χ1v) is 2.71. The van der Waals surface area contributed by atoms with Crippen LogP contribution in [0.2, 0.25) is 0 Å². The Morgan fingerprint density at radius 3 is 1.43 bits per heavy atom. The summed E-state index contributed by atoms with van der Waals surface area (Å²) in [6.45, 7) is 4.66. The zero-order chi connectivity index (χ0) is 4.62. The van der Waals surface area contributed by atoms with Gasteiger partial charge in [0.1, 0.15) is 0 Å².